The zero-order valence-corrected chi connectivity index (χ0v) is 11.5. The molecule has 3 N–H and O–H groups in total. The molecule has 2 heterocycles. The number of nitrogens with one attached hydrogen (secondary N) is 1. The maximum Gasteiger partial charge on any atom is 0.270 e. The standard InChI is InChI=1S/C13H16N4OS/c1-9(14)13-17-11(8-19-13)12(18)16-6-4-10-3-2-5-15-7-10/h2-3,5,7-9H,4,6,14H2,1H3,(H,16,18). The third-order valence-electron chi connectivity index (χ3n) is 2.57. The molecule has 0 aliphatic heterocycles. The first-order valence-corrected chi connectivity index (χ1v) is 6.93. The van der Waals surface area contributed by atoms with Crippen molar-refractivity contribution in [3.63, 3.8) is 0 Å². The number of nitrogens with two attached hydrogens (primary N) is 1. The monoisotopic (exact) mass is 276 g/mol. The van der Waals surface area contributed by atoms with Gasteiger partial charge < -0.3 is 11.1 Å². The predicted molar refractivity (Wildman–Crippen MR) is 75.0 cm³/mol. The van der Waals surface area contributed by atoms with Crippen LogP contribution in [0, 0.1) is 0 Å². The summed E-state index contributed by atoms with van der Waals surface area (Å²) in [6.45, 7) is 2.42. The lowest BCUT2D eigenvalue weighted by Crippen LogP contribution is -2.26. The van der Waals surface area contributed by atoms with Crippen molar-refractivity contribution in [2.75, 3.05) is 6.54 Å². The molecule has 100 valence electrons. The van der Waals surface area contributed by atoms with Gasteiger partial charge in [-0.1, -0.05) is 6.07 Å². The first kappa shape index (κ1) is 13.6. The molecular weight excluding hydrogens is 260 g/mol. The molecule has 0 aliphatic carbocycles. The Kier molecular flexibility index (Phi) is 4.59. The van der Waals surface area contributed by atoms with Crippen LogP contribution in [0.3, 0.4) is 0 Å². The molecule has 0 radical (unpaired) electrons. The van der Waals surface area contributed by atoms with Crippen LogP contribution in [0.4, 0.5) is 0 Å². The molecule has 0 bridgehead atoms. The van der Waals surface area contributed by atoms with Gasteiger partial charge in [0.05, 0.1) is 6.04 Å². The highest BCUT2D eigenvalue weighted by Gasteiger charge is 2.12. The average molecular weight is 276 g/mol. The van der Waals surface area contributed by atoms with E-state index in [1.165, 1.54) is 11.3 Å². The molecular formula is C13H16N4OS. The lowest BCUT2D eigenvalue weighted by molar-refractivity contribution is 0.0949. The van der Waals surface area contributed by atoms with Gasteiger partial charge in [-0.05, 0) is 25.0 Å². The number of nitrogens with zero attached hydrogens (tertiary/aromatic N) is 2. The van der Waals surface area contributed by atoms with E-state index in [1.807, 2.05) is 19.1 Å². The Morgan fingerprint density at radius 2 is 2.42 bits per heavy atom. The van der Waals surface area contributed by atoms with Crippen LogP contribution >= 0.6 is 11.3 Å². The molecule has 2 aromatic rings. The van der Waals surface area contributed by atoms with Crippen molar-refractivity contribution >= 4 is 17.2 Å². The van der Waals surface area contributed by atoms with Crippen LogP contribution in [0.1, 0.15) is 34.0 Å². The third-order valence-corrected chi connectivity index (χ3v) is 3.61. The quantitative estimate of drug-likeness (QED) is 0.867. The molecule has 2 rings (SSSR count). The van der Waals surface area contributed by atoms with Crippen LogP contribution < -0.4 is 11.1 Å². The lowest BCUT2D eigenvalue weighted by atomic mass is 10.2. The summed E-state index contributed by atoms with van der Waals surface area (Å²) in [5.74, 6) is -0.160. The molecule has 5 nitrogen and oxygen atoms in total. The molecule has 0 spiro atoms. The number of rotatable bonds is 5. The number of hydrogen-bond donors (Lipinski definition) is 2. The van der Waals surface area contributed by atoms with E-state index in [1.54, 1.807) is 17.8 Å². The van der Waals surface area contributed by atoms with Crippen LogP contribution in [-0.4, -0.2) is 22.4 Å². The van der Waals surface area contributed by atoms with E-state index in [0.717, 1.165) is 17.0 Å². The molecule has 2 aromatic heterocycles. The van der Waals surface area contributed by atoms with Crippen molar-refractivity contribution in [1.82, 2.24) is 15.3 Å². The number of carbonyl (C=O) groups is 1. The van der Waals surface area contributed by atoms with E-state index in [0.29, 0.717) is 12.2 Å². The van der Waals surface area contributed by atoms with Gasteiger partial charge in [0, 0.05) is 24.3 Å². The smallest absolute Gasteiger partial charge is 0.270 e. The Balaban J connectivity index is 1.84. The normalized spacial score (nSPS) is 12.1. The van der Waals surface area contributed by atoms with Gasteiger partial charge in [0.15, 0.2) is 0 Å². The van der Waals surface area contributed by atoms with E-state index in [2.05, 4.69) is 15.3 Å². The molecule has 0 aliphatic rings. The van der Waals surface area contributed by atoms with Gasteiger partial charge in [-0.15, -0.1) is 11.3 Å². The largest absolute Gasteiger partial charge is 0.350 e. The van der Waals surface area contributed by atoms with Gasteiger partial charge in [-0.2, -0.15) is 0 Å². The van der Waals surface area contributed by atoms with Crippen molar-refractivity contribution in [3.8, 4) is 0 Å². The minimum absolute atomic E-state index is 0.137. The Hall–Kier alpha value is -1.79. The SMILES string of the molecule is CC(N)c1nc(C(=O)NCCc2cccnc2)cs1. The summed E-state index contributed by atoms with van der Waals surface area (Å²) >= 11 is 1.41. The maximum absolute atomic E-state index is 11.8. The van der Waals surface area contributed by atoms with E-state index in [4.69, 9.17) is 5.73 Å². The summed E-state index contributed by atoms with van der Waals surface area (Å²) in [5, 5.41) is 5.35. The third kappa shape index (κ3) is 3.84. The summed E-state index contributed by atoms with van der Waals surface area (Å²) in [5.41, 5.74) is 7.24. The highest BCUT2D eigenvalue weighted by atomic mass is 32.1. The van der Waals surface area contributed by atoms with Crippen LogP contribution in [0.15, 0.2) is 29.9 Å². The predicted octanol–water partition coefficient (Wildman–Crippen LogP) is 1.53. The van der Waals surface area contributed by atoms with Crippen molar-refractivity contribution in [2.24, 2.45) is 5.73 Å². The minimum atomic E-state index is -0.160. The highest BCUT2D eigenvalue weighted by molar-refractivity contribution is 7.09. The summed E-state index contributed by atoms with van der Waals surface area (Å²) in [7, 11) is 0. The first-order valence-electron chi connectivity index (χ1n) is 6.05. The maximum atomic E-state index is 11.8. The van der Waals surface area contributed by atoms with Crippen molar-refractivity contribution in [2.45, 2.75) is 19.4 Å². The topological polar surface area (TPSA) is 80.9 Å². The second kappa shape index (κ2) is 6.40. The van der Waals surface area contributed by atoms with Gasteiger partial charge >= 0.3 is 0 Å². The molecule has 1 unspecified atom stereocenters. The second-order valence-corrected chi connectivity index (χ2v) is 5.12. The number of carbonyl (C=O) groups excluding carboxylic acids is 1. The summed E-state index contributed by atoms with van der Waals surface area (Å²) in [6, 6.07) is 3.73. The molecule has 1 amide bonds. The number of amides is 1. The summed E-state index contributed by atoms with van der Waals surface area (Å²) in [6.07, 6.45) is 4.28. The Morgan fingerprint density at radius 3 is 3.05 bits per heavy atom. The fourth-order valence-electron chi connectivity index (χ4n) is 1.56. The van der Waals surface area contributed by atoms with E-state index < -0.39 is 0 Å². The number of pyridine rings is 1. The number of hydrogen-bond acceptors (Lipinski definition) is 5. The zero-order chi connectivity index (χ0) is 13.7. The minimum Gasteiger partial charge on any atom is -0.350 e. The molecule has 6 heteroatoms. The van der Waals surface area contributed by atoms with E-state index >= 15 is 0 Å². The van der Waals surface area contributed by atoms with Crippen molar-refractivity contribution in [3.05, 3.63) is 46.2 Å². The van der Waals surface area contributed by atoms with Crippen molar-refractivity contribution in [1.29, 1.82) is 0 Å². The van der Waals surface area contributed by atoms with Crippen LogP contribution in [-0.2, 0) is 6.42 Å². The lowest BCUT2D eigenvalue weighted by Gasteiger charge is -2.03. The Labute approximate surface area is 115 Å². The van der Waals surface area contributed by atoms with Crippen molar-refractivity contribution < 1.29 is 4.79 Å². The molecule has 19 heavy (non-hydrogen) atoms. The van der Waals surface area contributed by atoms with Crippen LogP contribution in [0.5, 0.6) is 0 Å². The van der Waals surface area contributed by atoms with Gasteiger partial charge in [0.25, 0.3) is 5.91 Å². The fraction of sp³-hybridized carbons (Fsp3) is 0.308. The van der Waals surface area contributed by atoms with Gasteiger partial charge in [-0.25, -0.2) is 4.98 Å². The number of aromatic nitrogens is 2. The van der Waals surface area contributed by atoms with E-state index in [9.17, 15) is 4.79 Å². The summed E-state index contributed by atoms with van der Waals surface area (Å²) in [4.78, 5) is 20.1. The summed E-state index contributed by atoms with van der Waals surface area (Å²) < 4.78 is 0. The molecule has 0 saturated heterocycles. The van der Waals surface area contributed by atoms with Gasteiger partial charge in [-0.3, -0.25) is 9.78 Å². The molecule has 0 fully saturated rings. The fourth-order valence-corrected chi connectivity index (χ4v) is 2.32. The second-order valence-electron chi connectivity index (χ2n) is 4.23. The Morgan fingerprint density at radius 1 is 1.58 bits per heavy atom. The molecule has 0 aromatic carbocycles. The Bertz CT molecular complexity index is 539. The number of thiazole rings is 1. The highest BCUT2D eigenvalue weighted by Crippen LogP contribution is 2.15. The molecule has 1 atom stereocenters. The van der Waals surface area contributed by atoms with Crippen LogP contribution in [0.25, 0.3) is 0 Å². The first-order chi connectivity index (χ1) is 9.16. The van der Waals surface area contributed by atoms with Gasteiger partial charge in [0.2, 0.25) is 0 Å². The zero-order valence-electron chi connectivity index (χ0n) is 10.7. The van der Waals surface area contributed by atoms with Crippen LogP contribution in [0.2, 0.25) is 0 Å². The molecule has 0 saturated carbocycles. The van der Waals surface area contributed by atoms with E-state index in [-0.39, 0.29) is 11.9 Å². The average Bonchev–Trinajstić information content (AvgIpc) is 2.89. The van der Waals surface area contributed by atoms with Gasteiger partial charge in [0.1, 0.15) is 10.7 Å².